The first-order chi connectivity index (χ1) is 11.1. The predicted molar refractivity (Wildman–Crippen MR) is 96.7 cm³/mol. The van der Waals surface area contributed by atoms with Gasteiger partial charge in [0.25, 0.3) is 0 Å². The highest BCUT2D eigenvalue weighted by Crippen LogP contribution is 2.34. The molecule has 3 nitrogen and oxygen atoms in total. The maximum atomic E-state index is 12.5. The number of thioether (sulfide) groups is 1. The number of rotatable bonds is 7. The highest BCUT2D eigenvalue weighted by Gasteiger charge is 2.19. The minimum Gasteiger partial charge on any atom is -0.468 e. The van der Waals surface area contributed by atoms with Crippen molar-refractivity contribution in [1.82, 2.24) is 0 Å². The average molecular weight is 393 g/mol. The molecular weight excluding hydrogens is 376 g/mol. The maximum absolute atomic E-state index is 12.5. The Morgan fingerprint density at radius 2 is 1.74 bits per heavy atom. The van der Waals surface area contributed by atoms with E-state index in [1.165, 1.54) is 18.9 Å². The Hall–Kier alpha value is -1.59. The minimum absolute atomic E-state index is 0.0656. The number of esters is 1. The van der Waals surface area contributed by atoms with Gasteiger partial charge in [0.05, 0.1) is 12.9 Å². The second-order valence-electron chi connectivity index (χ2n) is 4.92. The van der Waals surface area contributed by atoms with Gasteiger partial charge in [-0.05, 0) is 17.7 Å². The van der Waals surface area contributed by atoms with E-state index < -0.39 is 0 Å². The molecule has 0 bridgehead atoms. The Bertz CT molecular complexity index is 656. The summed E-state index contributed by atoms with van der Waals surface area (Å²) in [5.74, 6) is -0.000549. The fourth-order valence-electron chi connectivity index (χ4n) is 2.09. The van der Waals surface area contributed by atoms with Crippen LogP contribution in [0.1, 0.15) is 27.6 Å². The predicted octanol–water partition coefficient (Wildman–Crippen LogP) is 4.67. The van der Waals surface area contributed by atoms with Gasteiger partial charge in [0.15, 0.2) is 5.78 Å². The van der Waals surface area contributed by atoms with Gasteiger partial charge < -0.3 is 4.74 Å². The molecule has 0 N–H and O–H groups in total. The van der Waals surface area contributed by atoms with Crippen LogP contribution >= 0.6 is 27.7 Å². The molecule has 0 saturated carbocycles. The molecular formula is C18H17BrO3S. The Balaban J connectivity index is 2.14. The van der Waals surface area contributed by atoms with E-state index in [2.05, 4.69) is 15.9 Å². The number of hydrogen-bond donors (Lipinski definition) is 0. The zero-order valence-electron chi connectivity index (χ0n) is 12.7. The van der Waals surface area contributed by atoms with Gasteiger partial charge in [0.2, 0.25) is 0 Å². The smallest absolute Gasteiger partial charge is 0.315 e. The number of methoxy groups -OCH3 is 1. The van der Waals surface area contributed by atoms with Crippen LogP contribution in [0.15, 0.2) is 59.1 Å². The Morgan fingerprint density at radius 1 is 1.09 bits per heavy atom. The summed E-state index contributed by atoms with van der Waals surface area (Å²) in [5.41, 5.74) is 1.71. The minimum atomic E-state index is -0.288. The topological polar surface area (TPSA) is 43.4 Å². The summed E-state index contributed by atoms with van der Waals surface area (Å²) in [5, 5.41) is -0.0880. The highest BCUT2D eigenvalue weighted by atomic mass is 79.9. The normalized spacial score (nSPS) is 11.7. The fourth-order valence-corrected chi connectivity index (χ4v) is 3.43. The first-order valence-electron chi connectivity index (χ1n) is 7.12. The molecule has 0 aliphatic heterocycles. The maximum Gasteiger partial charge on any atom is 0.315 e. The molecule has 0 saturated heterocycles. The first kappa shape index (κ1) is 17.8. The number of ether oxygens (including phenoxy) is 1. The molecule has 0 radical (unpaired) electrons. The second-order valence-corrected chi connectivity index (χ2v) is 7.03. The number of carbonyl (C=O) groups is 2. The molecule has 0 heterocycles. The first-order valence-corrected chi connectivity index (χ1v) is 8.96. The van der Waals surface area contributed by atoms with Crippen LogP contribution in [-0.4, -0.2) is 24.6 Å². The summed E-state index contributed by atoms with van der Waals surface area (Å²) in [7, 11) is 1.37. The number of hydrogen-bond acceptors (Lipinski definition) is 4. The number of halogens is 1. The fraction of sp³-hybridized carbons (Fsp3) is 0.222. The van der Waals surface area contributed by atoms with Crippen molar-refractivity contribution in [3.8, 4) is 0 Å². The molecule has 0 unspecified atom stereocenters. The van der Waals surface area contributed by atoms with Crippen molar-refractivity contribution in [2.24, 2.45) is 0 Å². The SMILES string of the molecule is COC(=O)CS[C@H](CC(=O)c1ccccc1)c1ccc(Br)cc1. The number of carbonyl (C=O) groups excluding carboxylic acids is 2. The molecule has 0 aliphatic rings. The third kappa shape index (κ3) is 5.52. The van der Waals surface area contributed by atoms with Gasteiger partial charge in [0.1, 0.15) is 0 Å². The summed E-state index contributed by atoms with van der Waals surface area (Å²) in [6.07, 6.45) is 0.341. The lowest BCUT2D eigenvalue weighted by molar-refractivity contribution is -0.137. The van der Waals surface area contributed by atoms with Crippen LogP contribution in [0.5, 0.6) is 0 Å². The summed E-state index contributed by atoms with van der Waals surface area (Å²) in [6, 6.07) is 17.0. The summed E-state index contributed by atoms with van der Waals surface area (Å²) < 4.78 is 5.67. The summed E-state index contributed by atoms with van der Waals surface area (Å²) >= 11 is 4.83. The molecule has 0 aliphatic carbocycles. The molecule has 0 amide bonds. The van der Waals surface area contributed by atoms with Crippen LogP contribution in [0.2, 0.25) is 0 Å². The highest BCUT2D eigenvalue weighted by molar-refractivity contribution is 9.10. The average Bonchev–Trinajstić information content (AvgIpc) is 2.59. The van der Waals surface area contributed by atoms with Crippen LogP contribution in [0.25, 0.3) is 0 Å². The van der Waals surface area contributed by atoms with Crippen molar-refractivity contribution in [2.75, 3.05) is 12.9 Å². The zero-order valence-corrected chi connectivity index (χ0v) is 15.1. The van der Waals surface area contributed by atoms with E-state index in [-0.39, 0.29) is 22.8 Å². The van der Waals surface area contributed by atoms with E-state index in [1.54, 1.807) is 0 Å². The quantitative estimate of drug-likeness (QED) is 0.507. The van der Waals surface area contributed by atoms with E-state index in [4.69, 9.17) is 4.74 Å². The van der Waals surface area contributed by atoms with Crippen LogP contribution < -0.4 is 0 Å². The molecule has 2 aromatic carbocycles. The van der Waals surface area contributed by atoms with E-state index in [9.17, 15) is 9.59 Å². The van der Waals surface area contributed by atoms with Crippen LogP contribution in [0.4, 0.5) is 0 Å². The van der Waals surface area contributed by atoms with Gasteiger partial charge in [-0.1, -0.05) is 58.4 Å². The molecule has 120 valence electrons. The number of Topliss-reactive ketones (excluding diaryl/α,β-unsaturated/α-hetero) is 1. The van der Waals surface area contributed by atoms with Crippen molar-refractivity contribution in [3.05, 3.63) is 70.2 Å². The van der Waals surface area contributed by atoms with Gasteiger partial charge in [0, 0.05) is 21.7 Å². The van der Waals surface area contributed by atoms with Gasteiger partial charge >= 0.3 is 5.97 Å². The lowest BCUT2D eigenvalue weighted by atomic mass is 10.0. The monoisotopic (exact) mass is 392 g/mol. The number of ketones is 1. The lowest BCUT2D eigenvalue weighted by Gasteiger charge is -2.16. The summed E-state index contributed by atoms with van der Waals surface area (Å²) in [6.45, 7) is 0. The third-order valence-electron chi connectivity index (χ3n) is 3.34. The Labute approximate surface area is 148 Å². The molecule has 5 heteroatoms. The lowest BCUT2D eigenvalue weighted by Crippen LogP contribution is -2.09. The van der Waals surface area contributed by atoms with Gasteiger partial charge in [-0.25, -0.2) is 0 Å². The third-order valence-corrected chi connectivity index (χ3v) is 5.11. The van der Waals surface area contributed by atoms with Crippen molar-refractivity contribution >= 4 is 39.4 Å². The van der Waals surface area contributed by atoms with Crippen molar-refractivity contribution in [1.29, 1.82) is 0 Å². The molecule has 0 spiro atoms. The van der Waals surface area contributed by atoms with E-state index in [0.717, 1.165) is 10.0 Å². The van der Waals surface area contributed by atoms with Crippen molar-refractivity contribution in [3.63, 3.8) is 0 Å². The molecule has 1 atom stereocenters. The van der Waals surface area contributed by atoms with Gasteiger partial charge in [-0.2, -0.15) is 0 Å². The zero-order chi connectivity index (χ0) is 16.7. The van der Waals surface area contributed by atoms with E-state index >= 15 is 0 Å². The number of benzene rings is 2. The Kier molecular flexibility index (Phi) is 6.86. The molecule has 0 fully saturated rings. The Morgan fingerprint density at radius 3 is 2.35 bits per heavy atom. The molecule has 0 aromatic heterocycles. The molecule has 23 heavy (non-hydrogen) atoms. The van der Waals surface area contributed by atoms with Gasteiger partial charge in [-0.3, -0.25) is 9.59 Å². The van der Waals surface area contributed by atoms with Crippen LogP contribution in [-0.2, 0) is 9.53 Å². The second kappa shape index (κ2) is 8.89. The summed E-state index contributed by atoms with van der Waals surface area (Å²) in [4.78, 5) is 23.9. The van der Waals surface area contributed by atoms with Crippen LogP contribution in [0.3, 0.4) is 0 Å². The standard InChI is InChI=1S/C18H17BrO3S/c1-22-18(21)12-23-17(14-7-9-15(19)10-8-14)11-16(20)13-5-3-2-4-6-13/h2-10,17H,11-12H2,1H3/t17-/m1/s1. The molecule has 2 rings (SSSR count). The van der Waals surface area contributed by atoms with Crippen LogP contribution in [0, 0.1) is 0 Å². The van der Waals surface area contributed by atoms with Crippen molar-refractivity contribution in [2.45, 2.75) is 11.7 Å². The van der Waals surface area contributed by atoms with E-state index in [0.29, 0.717) is 12.0 Å². The van der Waals surface area contributed by atoms with Gasteiger partial charge in [-0.15, -0.1) is 11.8 Å². The van der Waals surface area contributed by atoms with E-state index in [1.807, 2.05) is 54.6 Å². The largest absolute Gasteiger partial charge is 0.468 e. The van der Waals surface area contributed by atoms with Crippen molar-refractivity contribution < 1.29 is 14.3 Å². The molecule has 2 aromatic rings.